The van der Waals surface area contributed by atoms with Gasteiger partial charge in [0.15, 0.2) is 0 Å². The van der Waals surface area contributed by atoms with E-state index in [2.05, 4.69) is 51.4 Å². The van der Waals surface area contributed by atoms with Crippen molar-refractivity contribution in [3.8, 4) is 0 Å². The average Bonchev–Trinajstić information content (AvgIpc) is 2.71. The Bertz CT molecular complexity index is 736. The van der Waals surface area contributed by atoms with Crippen LogP contribution in [0.25, 0.3) is 0 Å². The Kier molecular flexibility index (Phi) is 8.93. The first-order valence-electron chi connectivity index (χ1n) is 8.90. The van der Waals surface area contributed by atoms with Crippen LogP contribution in [0.2, 0.25) is 0 Å². The summed E-state index contributed by atoms with van der Waals surface area (Å²) < 4.78 is 0. The number of rotatable bonds is 5. The van der Waals surface area contributed by atoms with E-state index in [0.29, 0.717) is 0 Å². The molecule has 0 radical (unpaired) electrons. The molecule has 7 nitrogen and oxygen atoms in total. The third kappa shape index (κ3) is 7.67. The molecule has 0 saturated carbocycles. The second-order valence-electron chi connectivity index (χ2n) is 6.37. The number of carbonyl (C=O) groups is 2. The molecule has 1 aromatic heterocycles. The molecule has 2 N–H and O–H groups in total. The average molecular weight is 404 g/mol. The van der Waals surface area contributed by atoms with Crippen molar-refractivity contribution in [2.75, 3.05) is 32.4 Å². The molecule has 2 aromatic rings. The fraction of sp³-hybridized carbons (Fsp3) is 0.350. The van der Waals surface area contributed by atoms with Crippen LogP contribution in [0.4, 0.5) is 0 Å². The maximum Gasteiger partial charge on any atom is 0.414 e. The van der Waals surface area contributed by atoms with Crippen molar-refractivity contribution in [1.82, 2.24) is 14.8 Å². The molecule has 28 heavy (non-hydrogen) atoms. The molecule has 1 aromatic carbocycles. The lowest BCUT2D eigenvalue weighted by Gasteiger charge is -2.34. The molecule has 1 saturated heterocycles. The van der Waals surface area contributed by atoms with Gasteiger partial charge in [-0.25, -0.2) is 9.59 Å². The van der Waals surface area contributed by atoms with Crippen molar-refractivity contribution < 1.29 is 19.8 Å². The predicted octanol–water partition coefficient (Wildman–Crippen LogP) is 2.28. The Morgan fingerprint density at radius 3 is 1.89 bits per heavy atom. The van der Waals surface area contributed by atoms with Gasteiger partial charge in [0.05, 0.1) is 0 Å². The van der Waals surface area contributed by atoms with E-state index in [1.165, 1.54) is 16.0 Å². The first-order valence-corrected chi connectivity index (χ1v) is 10.1. The number of aliphatic carboxylic acids is 2. The van der Waals surface area contributed by atoms with Gasteiger partial charge in [0.25, 0.3) is 0 Å². The molecule has 3 rings (SSSR count). The summed E-state index contributed by atoms with van der Waals surface area (Å²) in [6.45, 7) is 6.64. The van der Waals surface area contributed by atoms with Crippen molar-refractivity contribution in [2.24, 2.45) is 0 Å². The summed E-state index contributed by atoms with van der Waals surface area (Å²) in [5.74, 6) is -3.65. The SMILES string of the molecule is CSc1ccc(CN2CCN(Cc3cccnc3)CC2)cc1.O=C(O)C(=O)O. The van der Waals surface area contributed by atoms with Crippen LogP contribution in [0.3, 0.4) is 0 Å². The van der Waals surface area contributed by atoms with Crippen molar-refractivity contribution >= 4 is 23.7 Å². The first kappa shape index (κ1) is 21.9. The number of carboxylic acids is 2. The summed E-state index contributed by atoms with van der Waals surface area (Å²) in [7, 11) is 0. The molecule has 2 heterocycles. The standard InChI is InChI=1S/C18H23N3S.C2H2O4/c1-22-18-6-4-16(5-7-18)14-20-9-11-21(12-10-20)15-17-3-2-8-19-13-17;3-1(4)2(5)6/h2-8,13H,9-12,14-15H2,1H3;(H,3,4)(H,5,6). The Labute approximate surface area is 169 Å². The number of piperazine rings is 1. The molecule has 0 atom stereocenters. The molecular formula is C20H25N3O4S. The lowest BCUT2D eigenvalue weighted by molar-refractivity contribution is -0.159. The largest absolute Gasteiger partial charge is 0.473 e. The lowest BCUT2D eigenvalue weighted by atomic mass is 10.2. The monoisotopic (exact) mass is 403 g/mol. The van der Waals surface area contributed by atoms with E-state index in [1.807, 2.05) is 18.5 Å². The molecular weight excluding hydrogens is 378 g/mol. The van der Waals surface area contributed by atoms with Gasteiger partial charge in [0.1, 0.15) is 0 Å². The van der Waals surface area contributed by atoms with E-state index in [-0.39, 0.29) is 0 Å². The number of pyridine rings is 1. The van der Waals surface area contributed by atoms with Crippen LogP contribution in [0.1, 0.15) is 11.1 Å². The zero-order chi connectivity index (χ0) is 20.4. The first-order chi connectivity index (χ1) is 13.5. The molecule has 8 heteroatoms. The number of thioether (sulfide) groups is 1. The third-order valence-electron chi connectivity index (χ3n) is 4.34. The van der Waals surface area contributed by atoms with Crippen molar-refractivity contribution in [1.29, 1.82) is 0 Å². The Balaban J connectivity index is 0.000000409. The summed E-state index contributed by atoms with van der Waals surface area (Å²) in [4.78, 5) is 28.8. The number of aromatic nitrogens is 1. The second-order valence-corrected chi connectivity index (χ2v) is 7.25. The van der Waals surface area contributed by atoms with Gasteiger partial charge in [-0.15, -0.1) is 11.8 Å². The summed E-state index contributed by atoms with van der Waals surface area (Å²) in [5.41, 5.74) is 2.72. The van der Waals surface area contributed by atoms with E-state index < -0.39 is 11.9 Å². The highest BCUT2D eigenvalue weighted by Crippen LogP contribution is 2.16. The van der Waals surface area contributed by atoms with E-state index >= 15 is 0 Å². The molecule has 1 fully saturated rings. The summed E-state index contributed by atoms with van der Waals surface area (Å²) in [5, 5.41) is 14.8. The quantitative estimate of drug-likeness (QED) is 0.580. The van der Waals surface area contributed by atoms with E-state index in [4.69, 9.17) is 19.8 Å². The molecule has 0 amide bonds. The van der Waals surface area contributed by atoms with Crippen molar-refractivity contribution in [3.63, 3.8) is 0 Å². The van der Waals surface area contributed by atoms with Gasteiger partial charge in [0.2, 0.25) is 0 Å². The third-order valence-corrected chi connectivity index (χ3v) is 5.09. The minimum Gasteiger partial charge on any atom is -0.473 e. The zero-order valence-electron chi connectivity index (χ0n) is 15.8. The summed E-state index contributed by atoms with van der Waals surface area (Å²) >= 11 is 1.80. The number of nitrogens with zero attached hydrogens (tertiary/aromatic N) is 3. The van der Waals surface area contributed by atoms with E-state index in [9.17, 15) is 0 Å². The molecule has 1 aliphatic rings. The topological polar surface area (TPSA) is 94.0 Å². The summed E-state index contributed by atoms with van der Waals surface area (Å²) in [6, 6.07) is 13.1. The van der Waals surface area contributed by atoms with E-state index in [0.717, 1.165) is 39.3 Å². The van der Waals surface area contributed by atoms with Gasteiger partial charge >= 0.3 is 11.9 Å². The normalized spacial score (nSPS) is 14.8. The predicted molar refractivity (Wildman–Crippen MR) is 108 cm³/mol. The van der Waals surface area contributed by atoms with Gasteiger partial charge in [-0.2, -0.15) is 0 Å². The molecule has 0 aliphatic carbocycles. The molecule has 1 aliphatic heterocycles. The minimum absolute atomic E-state index is 1.02. The highest BCUT2D eigenvalue weighted by Gasteiger charge is 2.17. The van der Waals surface area contributed by atoms with Gasteiger partial charge < -0.3 is 10.2 Å². The van der Waals surface area contributed by atoms with Gasteiger partial charge in [-0.3, -0.25) is 14.8 Å². The van der Waals surface area contributed by atoms with Crippen LogP contribution in [0.15, 0.2) is 53.7 Å². The van der Waals surface area contributed by atoms with Crippen LogP contribution in [0, 0.1) is 0 Å². The fourth-order valence-corrected chi connectivity index (χ4v) is 3.25. The molecule has 150 valence electrons. The van der Waals surface area contributed by atoms with Crippen LogP contribution < -0.4 is 0 Å². The zero-order valence-corrected chi connectivity index (χ0v) is 16.6. The van der Waals surface area contributed by atoms with Crippen molar-refractivity contribution in [3.05, 3.63) is 59.9 Å². The smallest absolute Gasteiger partial charge is 0.414 e. The number of hydrogen-bond donors (Lipinski definition) is 2. The molecule has 0 unspecified atom stereocenters. The molecule has 0 bridgehead atoms. The Morgan fingerprint density at radius 1 is 0.929 bits per heavy atom. The minimum atomic E-state index is -1.82. The highest BCUT2D eigenvalue weighted by molar-refractivity contribution is 7.98. The van der Waals surface area contributed by atoms with Crippen LogP contribution in [-0.2, 0) is 22.7 Å². The van der Waals surface area contributed by atoms with Gasteiger partial charge in [0, 0.05) is 56.6 Å². The number of hydrogen-bond acceptors (Lipinski definition) is 6. The van der Waals surface area contributed by atoms with E-state index in [1.54, 1.807) is 11.8 Å². The maximum absolute atomic E-state index is 9.10. The second kappa shape index (κ2) is 11.4. The number of benzene rings is 1. The number of carboxylic acid groups (broad SMARTS) is 2. The Hall–Kier alpha value is -2.42. The van der Waals surface area contributed by atoms with Gasteiger partial charge in [-0.1, -0.05) is 18.2 Å². The Morgan fingerprint density at radius 2 is 1.46 bits per heavy atom. The van der Waals surface area contributed by atoms with Crippen molar-refractivity contribution in [2.45, 2.75) is 18.0 Å². The maximum atomic E-state index is 9.10. The van der Waals surface area contributed by atoms with Gasteiger partial charge in [-0.05, 0) is 35.6 Å². The van der Waals surface area contributed by atoms with Crippen LogP contribution in [-0.4, -0.2) is 69.4 Å². The fourth-order valence-electron chi connectivity index (χ4n) is 2.84. The van der Waals surface area contributed by atoms with Crippen LogP contribution in [0.5, 0.6) is 0 Å². The van der Waals surface area contributed by atoms with Crippen LogP contribution >= 0.6 is 11.8 Å². The highest BCUT2D eigenvalue weighted by atomic mass is 32.2. The lowest BCUT2D eigenvalue weighted by Crippen LogP contribution is -2.45. The summed E-state index contributed by atoms with van der Waals surface area (Å²) in [6.07, 6.45) is 5.93. The molecule has 0 spiro atoms.